The third-order valence-electron chi connectivity index (χ3n) is 3.67. The summed E-state index contributed by atoms with van der Waals surface area (Å²) in [4.78, 5) is 34.6. The van der Waals surface area contributed by atoms with Crippen LogP contribution in [0, 0.1) is 11.6 Å². The third-order valence-corrected chi connectivity index (χ3v) is 4.67. The fraction of sp³-hybridized carbons (Fsp3) is 0.250. The van der Waals surface area contributed by atoms with Gasteiger partial charge in [-0.05, 0) is 30.2 Å². The molecule has 0 aromatic heterocycles. The minimum atomic E-state index is -0.700. The standard InChI is InChI=1S/C20H19F2NO4S/c1-13(24)23-9-8-14-2-4-15(5-3-14)18(25)11-27-20(26)12-28-19-10-16(21)6-7-17(19)22/h2-7,10H,8-9,11-12H2,1H3,(H,23,24). The highest BCUT2D eigenvalue weighted by Gasteiger charge is 2.12. The molecule has 0 radical (unpaired) electrons. The molecule has 8 heteroatoms. The Morgan fingerprint density at radius 3 is 2.46 bits per heavy atom. The molecule has 5 nitrogen and oxygen atoms in total. The minimum absolute atomic E-state index is 0.00173. The maximum atomic E-state index is 13.5. The number of nitrogens with one attached hydrogen (secondary N) is 1. The van der Waals surface area contributed by atoms with E-state index in [0.29, 0.717) is 18.5 Å². The van der Waals surface area contributed by atoms with Crippen LogP contribution < -0.4 is 5.32 Å². The molecular formula is C20H19F2NO4S. The number of ketones is 1. The van der Waals surface area contributed by atoms with E-state index in [-0.39, 0.29) is 22.3 Å². The molecule has 1 amide bonds. The zero-order valence-corrected chi connectivity index (χ0v) is 16.0. The molecule has 0 bridgehead atoms. The molecule has 0 heterocycles. The molecule has 0 spiro atoms. The van der Waals surface area contributed by atoms with Gasteiger partial charge in [-0.2, -0.15) is 0 Å². The van der Waals surface area contributed by atoms with Crippen molar-refractivity contribution in [2.45, 2.75) is 18.2 Å². The molecule has 2 aromatic rings. The van der Waals surface area contributed by atoms with Gasteiger partial charge in [-0.3, -0.25) is 14.4 Å². The van der Waals surface area contributed by atoms with Crippen LogP contribution in [0.15, 0.2) is 47.4 Å². The molecule has 0 unspecified atom stereocenters. The molecule has 0 saturated carbocycles. The summed E-state index contributed by atoms with van der Waals surface area (Å²) < 4.78 is 31.5. The number of benzene rings is 2. The summed E-state index contributed by atoms with van der Waals surface area (Å²) in [7, 11) is 0. The molecule has 2 aromatic carbocycles. The summed E-state index contributed by atoms with van der Waals surface area (Å²) in [6, 6.07) is 9.73. The van der Waals surface area contributed by atoms with Crippen LogP contribution in [-0.4, -0.2) is 36.6 Å². The van der Waals surface area contributed by atoms with Crippen molar-refractivity contribution in [2.75, 3.05) is 18.9 Å². The molecule has 0 atom stereocenters. The highest BCUT2D eigenvalue weighted by Crippen LogP contribution is 2.22. The van der Waals surface area contributed by atoms with Gasteiger partial charge >= 0.3 is 5.97 Å². The first kappa shape index (κ1) is 21.6. The second-order valence-corrected chi connectivity index (χ2v) is 6.89. The number of amides is 1. The van der Waals surface area contributed by atoms with Crippen molar-refractivity contribution < 1.29 is 27.9 Å². The van der Waals surface area contributed by atoms with Gasteiger partial charge in [0, 0.05) is 23.9 Å². The van der Waals surface area contributed by atoms with E-state index in [0.717, 1.165) is 35.5 Å². The first-order valence-corrected chi connectivity index (χ1v) is 9.44. The minimum Gasteiger partial charge on any atom is -0.457 e. The summed E-state index contributed by atoms with van der Waals surface area (Å²) in [6.07, 6.45) is 0.636. The summed E-state index contributed by atoms with van der Waals surface area (Å²) in [6.45, 7) is 1.51. The lowest BCUT2D eigenvalue weighted by atomic mass is 10.1. The Labute approximate surface area is 165 Å². The molecule has 0 aliphatic heterocycles. The summed E-state index contributed by atoms with van der Waals surface area (Å²) in [5.41, 5.74) is 1.34. The van der Waals surface area contributed by atoms with Crippen LogP contribution in [0.2, 0.25) is 0 Å². The highest BCUT2D eigenvalue weighted by molar-refractivity contribution is 8.00. The van der Waals surface area contributed by atoms with Crippen LogP contribution in [-0.2, 0) is 20.7 Å². The van der Waals surface area contributed by atoms with Crippen LogP contribution in [0.3, 0.4) is 0 Å². The van der Waals surface area contributed by atoms with Crippen LogP contribution in [0.1, 0.15) is 22.8 Å². The van der Waals surface area contributed by atoms with E-state index in [1.165, 1.54) is 6.92 Å². The fourth-order valence-electron chi connectivity index (χ4n) is 2.24. The summed E-state index contributed by atoms with van der Waals surface area (Å²) in [5, 5.41) is 2.68. The number of halogens is 2. The van der Waals surface area contributed by atoms with Gasteiger partial charge in [0.25, 0.3) is 0 Å². The van der Waals surface area contributed by atoms with E-state index in [1.807, 2.05) is 0 Å². The van der Waals surface area contributed by atoms with Crippen molar-refractivity contribution in [3.05, 3.63) is 65.2 Å². The van der Waals surface area contributed by atoms with Crippen LogP contribution in [0.25, 0.3) is 0 Å². The Morgan fingerprint density at radius 2 is 1.79 bits per heavy atom. The molecular weight excluding hydrogens is 388 g/mol. The van der Waals surface area contributed by atoms with Gasteiger partial charge in [-0.25, -0.2) is 8.78 Å². The zero-order valence-electron chi connectivity index (χ0n) is 15.2. The number of carbonyl (C=O) groups is 3. The largest absolute Gasteiger partial charge is 0.457 e. The highest BCUT2D eigenvalue weighted by atomic mass is 32.2. The zero-order chi connectivity index (χ0) is 20.5. The fourth-order valence-corrected chi connectivity index (χ4v) is 2.99. The van der Waals surface area contributed by atoms with Gasteiger partial charge in [0.2, 0.25) is 5.91 Å². The van der Waals surface area contributed by atoms with E-state index >= 15 is 0 Å². The lowest BCUT2D eigenvalue weighted by Gasteiger charge is -2.06. The van der Waals surface area contributed by atoms with Crippen LogP contribution in [0.4, 0.5) is 8.78 Å². The number of carbonyl (C=O) groups excluding carboxylic acids is 3. The number of ether oxygens (including phenoxy) is 1. The molecule has 1 N–H and O–H groups in total. The number of esters is 1. The molecule has 0 fully saturated rings. The molecule has 148 valence electrons. The monoisotopic (exact) mass is 407 g/mol. The van der Waals surface area contributed by atoms with E-state index < -0.39 is 24.2 Å². The van der Waals surface area contributed by atoms with Crippen molar-refractivity contribution >= 4 is 29.4 Å². The second-order valence-electron chi connectivity index (χ2n) is 5.88. The van der Waals surface area contributed by atoms with Crippen LogP contribution >= 0.6 is 11.8 Å². The number of thioether (sulfide) groups is 1. The predicted molar refractivity (Wildman–Crippen MR) is 101 cm³/mol. The number of hydrogen-bond acceptors (Lipinski definition) is 5. The molecule has 0 saturated heterocycles. The molecule has 0 aliphatic carbocycles. The molecule has 2 rings (SSSR count). The van der Waals surface area contributed by atoms with Crippen molar-refractivity contribution in [2.24, 2.45) is 0 Å². The Hall–Kier alpha value is -2.74. The van der Waals surface area contributed by atoms with Gasteiger partial charge in [0.1, 0.15) is 11.6 Å². The lowest BCUT2D eigenvalue weighted by Crippen LogP contribution is -2.22. The first-order chi connectivity index (χ1) is 13.3. The first-order valence-electron chi connectivity index (χ1n) is 8.45. The van der Waals surface area contributed by atoms with Gasteiger partial charge in [-0.15, -0.1) is 11.8 Å². The topological polar surface area (TPSA) is 72.5 Å². The van der Waals surface area contributed by atoms with Crippen molar-refractivity contribution in [3.8, 4) is 0 Å². The SMILES string of the molecule is CC(=O)NCCc1ccc(C(=O)COC(=O)CSc2cc(F)ccc2F)cc1. The average Bonchev–Trinajstić information content (AvgIpc) is 2.67. The smallest absolute Gasteiger partial charge is 0.316 e. The van der Waals surface area contributed by atoms with E-state index in [4.69, 9.17) is 4.74 Å². The van der Waals surface area contributed by atoms with E-state index in [1.54, 1.807) is 24.3 Å². The number of hydrogen-bond donors (Lipinski definition) is 1. The van der Waals surface area contributed by atoms with Crippen molar-refractivity contribution in [1.29, 1.82) is 0 Å². The van der Waals surface area contributed by atoms with Crippen molar-refractivity contribution in [3.63, 3.8) is 0 Å². The van der Waals surface area contributed by atoms with E-state index in [2.05, 4.69) is 5.32 Å². The van der Waals surface area contributed by atoms with Crippen molar-refractivity contribution in [1.82, 2.24) is 5.32 Å². The maximum Gasteiger partial charge on any atom is 0.316 e. The van der Waals surface area contributed by atoms with Gasteiger partial charge < -0.3 is 10.1 Å². The normalized spacial score (nSPS) is 10.4. The Balaban J connectivity index is 1.77. The third kappa shape index (κ3) is 7.11. The maximum absolute atomic E-state index is 13.5. The lowest BCUT2D eigenvalue weighted by molar-refractivity contribution is -0.139. The summed E-state index contributed by atoms with van der Waals surface area (Å²) in [5.74, 6) is -2.65. The van der Waals surface area contributed by atoms with Gasteiger partial charge in [-0.1, -0.05) is 24.3 Å². The molecule has 0 aliphatic rings. The van der Waals surface area contributed by atoms with E-state index in [9.17, 15) is 23.2 Å². The number of rotatable bonds is 9. The number of Topliss-reactive ketones (excluding diaryl/α,β-unsaturated/α-hetero) is 1. The quantitative estimate of drug-likeness (QED) is 0.393. The second kappa shape index (κ2) is 10.6. The Bertz CT molecular complexity index is 856. The van der Waals surface area contributed by atoms with Gasteiger partial charge in [0.15, 0.2) is 12.4 Å². The predicted octanol–water partition coefficient (Wildman–Crippen LogP) is 3.16. The molecule has 28 heavy (non-hydrogen) atoms. The average molecular weight is 407 g/mol. The Morgan fingerprint density at radius 1 is 1.07 bits per heavy atom. The summed E-state index contributed by atoms with van der Waals surface area (Å²) >= 11 is 0.798. The van der Waals surface area contributed by atoms with Crippen LogP contribution in [0.5, 0.6) is 0 Å². The Kier molecular flexibility index (Phi) is 8.13. The van der Waals surface area contributed by atoms with Gasteiger partial charge in [0.05, 0.1) is 5.75 Å².